The molecule has 8 heteroatoms. The van der Waals surface area contributed by atoms with Gasteiger partial charge in [-0.3, -0.25) is 19.8 Å². The van der Waals surface area contributed by atoms with E-state index in [0.29, 0.717) is 11.7 Å². The third-order valence-corrected chi connectivity index (χ3v) is 5.31. The standard InChI is InChI=1S/C21H24N4O4/c1-28-20(27)17-18(16-8-5-13-29-16)22-21(23-19(17)26)25-11-9-24(10-12-25)14-15-6-3-2-4-7-15/h2-8,13,17-18H,9-12,14H2,1H3,(H,22,23,26). The number of methoxy groups -OCH3 is 1. The largest absolute Gasteiger partial charge is 0.468 e. The lowest BCUT2D eigenvalue weighted by atomic mass is 9.95. The van der Waals surface area contributed by atoms with E-state index in [1.165, 1.54) is 18.9 Å². The van der Waals surface area contributed by atoms with Crippen molar-refractivity contribution in [3.8, 4) is 0 Å². The highest BCUT2D eigenvalue weighted by Gasteiger charge is 2.43. The zero-order chi connectivity index (χ0) is 20.2. The molecule has 0 saturated carbocycles. The van der Waals surface area contributed by atoms with Gasteiger partial charge in [0.2, 0.25) is 11.9 Å². The topological polar surface area (TPSA) is 87.4 Å². The summed E-state index contributed by atoms with van der Waals surface area (Å²) in [6.45, 7) is 4.08. The Labute approximate surface area is 169 Å². The summed E-state index contributed by atoms with van der Waals surface area (Å²) < 4.78 is 10.3. The average Bonchev–Trinajstić information content (AvgIpc) is 3.29. The van der Waals surface area contributed by atoms with E-state index in [-0.39, 0.29) is 0 Å². The fraction of sp³-hybridized carbons (Fsp3) is 0.381. The highest BCUT2D eigenvalue weighted by Crippen LogP contribution is 2.31. The molecule has 0 radical (unpaired) electrons. The van der Waals surface area contributed by atoms with Gasteiger partial charge >= 0.3 is 5.97 Å². The number of hydrogen-bond acceptors (Lipinski definition) is 7. The quantitative estimate of drug-likeness (QED) is 0.621. The number of piperazine rings is 1. The normalized spacial score (nSPS) is 22.7. The predicted octanol–water partition coefficient (Wildman–Crippen LogP) is 1.41. The maximum absolute atomic E-state index is 12.7. The molecular formula is C21H24N4O4. The second-order valence-corrected chi connectivity index (χ2v) is 7.15. The van der Waals surface area contributed by atoms with Crippen LogP contribution in [0.1, 0.15) is 17.4 Å². The third kappa shape index (κ3) is 4.17. The lowest BCUT2D eigenvalue weighted by molar-refractivity contribution is -0.151. The number of aliphatic imine (C=N–C) groups is 1. The van der Waals surface area contributed by atoms with Crippen molar-refractivity contribution >= 4 is 17.8 Å². The molecule has 1 N–H and O–H groups in total. The first-order chi connectivity index (χ1) is 14.2. The van der Waals surface area contributed by atoms with E-state index in [1.54, 1.807) is 12.1 Å². The fourth-order valence-corrected chi connectivity index (χ4v) is 3.74. The smallest absolute Gasteiger partial charge is 0.320 e. The number of furan rings is 1. The SMILES string of the molecule is COC(=O)C1C(=O)NC(N2CCN(Cc3ccccc3)CC2)=NC1c1ccco1. The second-order valence-electron chi connectivity index (χ2n) is 7.15. The van der Waals surface area contributed by atoms with Crippen molar-refractivity contribution in [1.82, 2.24) is 15.1 Å². The Balaban J connectivity index is 1.47. The number of esters is 1. The molecule has 1 aromatic carbocycles. The number of guanidine groups is 1. The Kier molecular flexibility index (Phi) is 5.62. The van der Waals surface area contributed by atoms with Crippen LogP contribution in [0.5, 0.6) is 0 Å². The number of benzene rings is 1. The minimum Gasteiger partial charge on any atom is -0.468 e. The Bertz CT molecular complexity index is 873. The van der Waals surface area contributed by atoms with Gasteiger partial charge in [0, 0.05) is 32.7 Å². The summed E-state index contributed by atoms with van der Waals surface area (Å²) in [4.78, 5) is 33.9. The minimum atomic E-state index is -1.06. The van der Waals surface area contributed by atoms with Crippen LogP contribution in [0.2, 0.25) is 0 Å². The van der Waals surface area contributed by atoms with Gasteiger partial charge in [-0.2, -0.15) is 0 Å². The molecule has 2 aliphatic rings. The van der Waals surface area contributed by atoms with Crippen molar-refractivity contribution in [1.29, 1.82) is 0 Å². The molecule has 0 bridgehead atoms. The third-order valence-electron chi connectivity index (χ3n) is 5.31. The van der Waals surface area contributed by atoms with Gasteiger partial charge in [0.05, 0.1) is 13.4 Å². The van der Waals surface area contributed by atoms with E-state index in [0.717, 1.165) is 32.7 Å². The second kappa shape index (κ2) is 8.48. The van der Waals surface area contributed by atoms with Crippen molar-refractivity contribution in [3.63, 3.8) is 0 Å². The molecule has 29 heavy (non-hydrogen) atoms. The fourth-order valence-electron chi connectivity index (χ4n) is 3.74. The van der Waals surface area contributed by atoms with Crippen LogP contribution in [0.15, 0.2) is 58.1 Å². The lowest BCUT2D eigenvalue weighted by Gasteiger charge is -2.38. The van der Waals surface area contributed by atoms with Gasteiger partial charge in [-0.1, -0.05) is 30.3 Å². The zero-order valence-corrected chi connectivity index (χ0v) is 16.3. The molecule has 2 aromatic rings. The minimum absolute atomic E-state index is 0.421. The van der Waals surface area contributed by atoms with Gasteiger partial charge in [-0.05, 0) is 17.7 Å². The molecule has 8 nitrogen and oxygen atoms in total. The summed E-state index contributed by atoms with van der Waals surface area (Å²) in [6, 6.07) is 13.1. The highest BCUT2D eigenvalue weighted by molar-refractivity contribution is 6.08. The zero-order valence-electron chi connectivity index (χ0n) is 16.3. The van der Waals surface area contributed by atoms with Gasteiger partial charge in [0.25, 0.3) is 0 Å². The summed E-state index contributed by atoms with van der Waals surface area (Å²) in [7, 11) is 1.26. The molecule has 152 valence electrons. The molecule has 2 unspecified atom stereocenters. The molecule has 2 atom stereocenters. The van der Waals surface area contributed by atoms with Gasteiger partial charge in [-0.25, -0.2) is 4.99 Å². The van der Waals surface area contributed by atoms with Crippen LogP contribution < -0.4 is 5.32 Å². The van der Waals surface area contributed by atoms with Crippen LogP contribution in [-0.4, -0.2) is 60.9 Å². The molecule has 1 saturated heterocycles. The molecule has 0 aliphatic carbocycles. The molecular weight excluding hydrogens is 372 g/mol. The van der Waals surface area contributed by atoms with E-state index in [2.05, 4.69) is 27.3 Å². The summed E-state index contributed by atoms with van der Waals surface area (Å²) in [5, 5.41) is 2.78. The maximum Gasteiger partial charge on any atom is 0.320 e. The summed E-state index contributed by atoms with van der Waals surface area (Å²) >= 11 is 0. The van der Waals surface area contributed by atoms with Gasteiger partial charge in [-0.15, -0.1) is 0 Å². The van der Waals surface area contributed by atoms with Crippen LogP contribution in [0.3, 0.4) is 0 Å². The Morgan fingerprint density at radius 3 is 2.59 bits per heavy atom. The van der Waals surface area contributed by atoms with Crippen molar-refractivity contribution < 1.29 is 18.7 Å². The average molecular weight is 396 g/mol. The van der Waals surface area contributed by atoms with Gasteiger partial charge in [0.1, 0.15) is 11.8 Å². The van der Waals surface area contributed by atoms with Gasteiger partial charge in [0.15, 0.2) is 5.92 Å². The van der Waals surface area contributed by atoms with Crippen LogP contribution in [-0.2, 0) is 20.9 Å². The Morgan fingerprint density at radius 2 is 1.93 bits per heavy atom. The van der Waals surface area contributed by atoms with Crippen LogP contribution in [0.25, 0.3) is 0 Å². The van der Waals surface area contributed by atoms with Crippen LogP contribution >= 0.6 is 0 Å². The molecule has 0 spiro atoms. The number of carbonyl (C=O) groups is 2. The van der Waals surface area contributed by atoms with Crippen molar-refractivity contribution in [2.75, 3.05) is 33.3 Å². The molecule has 2 aliphatic heterocycles. The number of amides is 1. The number of rotatable bonds is 4. The van der Waals surface area contributed by atoms with Crippen molar-refractivity contribution in [2.24, 2.45) is 10.9 Å². The highest BCUT2D eigenvalue weighted by atomic mass is 16.5. The van der Waals surface area contributed by atoms with Gasteiger partial charge < -0.3 is 14.1 Å². The van der Waals surface area contributed by atoms with Crippen LogP contribution in [0.4, 0.5) is 0 Å². The Morgan fingerprint density at radius 1 is 1.17 bits per heavy atom. The monoisotopic (exact) mass is 396 g/mol. The van der Waals surface area contributed by atoms with E-state index in [4.69, 9.17) is 9.15 Å². The Hall–Kier alpha value is -3.13. The number of ether oxygens (including phenoxy) is 1. The number of nitrogens with zero attached hydrogens (tertiary/aromatic N) is 3. The first-order valence-electron chi connectivity index (χ1n) is 9.67. The number of hydrogen-bond donors (Lipinski definition) is 1. The first-order valence-corrected chi connectivity index (χ1v) is 9.67. The summed E-state index contributed by atoms with van der Waals surface area (Å²) in [5.41, 5.74) is 1.28. The molecule has 1 fully saturated rings. The van der Waals surface area contributed by atoms with E-state index >= 15 is 0 Å². The van der Waals surface area contributed by atoms with E-state index in [1.807, 2.05) is 23.1 Å². The summed E-state index contributed by atoms with van der Waals surface area (Å²) in [5.74, 6) is -1.16. The maximum atomic E-state index is 12.7. The first kappa shape index (κ1) is 19.2. The molecule has 1 aromatic heterocycles. The lowest BCUT2D eigenvalue weighted by Crippen LogP contribution is -2.57. The molecule has 4 rings (SSSR count). The van der Waals surface area contributed by atoms with Crippen LogP contribution in [0, 0.1) is 5.92 Å². The molecule has 1 amide bonds. The number of carbonyl (C=O) groups excluding carboxylic acids is 2. The summed E-state index contributed by atoms with van der Waals surface area (Å²) in [6.07, 6.45) is 1.51. The van der Waals surface area contributed by atoms with Crippen molar-refractivity contribution in [3.05, 3.63) is 60.1 Å². The van der Waals surface area contributed by atoms with E-state index < -0.39 is 23.8 Å². The van der Waals surface area contributed by atoms with E-state index in [9.17, 15) is 9.59 Å². The molecule has 3 heterocycles. The number of nitrogens with one attached hydrogen (secondary N) is 1. The predicted molar refractivity (Wildman–Crippen MR) is 106 cm³/mol. The van der Waals surface area contributed by atoms with Crippen molar-refractivity contribution in [2.45, 2.75) is 12.6 Å².